The fourth-order valence-electron chi connectivity index (χ4n) is 3.88. The second kappa shape index (κ2) is 7.97. The first-order chi connectivity index (χ1) is 15.0. The maximum Gasteiger partial charge on any atom is 0.416 e. The van der Waals surface area contributed by atoms with E-state index in [4.69, 9.17) is 0 Å². The minimum absolute atomic E-state index is 0.0730. The molecule has 1 aromatic heterocycles. The number of fused-ring (bicyclic) bond motifs is 1. The number of halogens is 3. The lowest BCUT2D eigenvalue weighted by atomic mass is 9.98. The van der Waals surface area contributed by atoms with E-state index in [1.807, 2.05) is 32.1 Å². The zero-order valence-corrected chi connectivity index (χ0v) is 18.8. The molecule has 170 valence electrons. The summed E-state index contributed by atoms with van der Waals surface area (Å²) in [5.41, 5.74) is 1.64. The Morgan fingerprint density at radius 2 is 1.72 bits per heavy atom. The van der Waals surface area contributed by atoms with Crippen molar-refractivity contribution in [3.8, 4) is 0 Å². The Morgan fingerprint density at radius 3 is 2.28 bits per heavy atom. The fraction of sp³-hybridized carbons (Fsp3) is 0.304. The lowest BCUT2D eigenvalue weighted by Crippen LogP contribution is -2.23. The molecule has 0 atom stereocenters. The van der Waals surface area contributed by atoms with Crippen LogP contribution in [0.1, 0.15) is 17.5 Å². The van der Waals surface area contributed by atoms with E-state index >= 15 is 0 Å². The zero-order chi connectivity index (χ0) is 23.3. The molecule has 2 aromatic carbocycles. The van der Waals surface area contributed by atoms with Gasteiger partial charge in [0.05, 0.1) is 16.0 Å². The minimum Gasteiger partial charge on any atom is -0.378 e. The number of rotatable bonds is 4. The van der Waals surface area contributed by atoms with Crippen molar-refractivity contribution < 1.29 is 21.6 Å². The van der Waals surface area contributed by atoms with Crippen molar-refractivity contribution in [3.05, 3.63) is 65.9 Å². The maximum absolute atomic E-state index is 13.5. The number of nitrogens with zero attached hydrogens (tertiary/aromatic N) is 3. The van der Waals surface area contributed by atoms with Gasteiger partial charge in [0.15, 0.2) is 0 Å². The van der Waals surface area contributed by atoms with E-state index in [0.717, 1.165) is 33.9 Å². The molecule has 0 unspecified atom stereocenters. The first-order valence-electron chi connectivity index (χ1n) is 10.1. The summed E-state index contributed by atoms with van der Waals surface area (Å²) in [5.74, 6) is 0. The van der Waals surface area contributed by atoms with Crippen LogP contribution in [0.4, 0.5) is 18.9 Å². The third kappa shape index (κ3) is 4.02. The first kappa shape index (κ1) is 22.4. The van der Waals surface area contributed by atoms with Crippen LogP contribution in [0.25, 0.3) is 16.5 Å². The van der Waals surface area contributed by atoms with Gasteiger partial charge in [-0.25, -0.2) is 12.4 Å². The van der Waals surface area contributed by atoms with Gasteiger partial charge < -0.3 is 9.80 Å². The van der Waals surface area contributed by atoms with Crippen molar-refractivity contribution >= 4 is 32.2 Å². The average molecular weight is 464 g/mol. The SMILES string of the molecule is CN1CC=C(c2cn(S(=O)(=O)c3ccc(N(C)C)cc3)c3ccc(C(F)(F)F)cc23)CC1. The number of benzene rings is 2. The van der Waals surface area contributed by atoms with E-state index in [9.17, 15) is 21.6 Å². The highest BCUT2D eigenvalue weighted by Crippen LogP contribution is 2.37. The van der Waals surface area contributed by atoms with Gasteiger partial charge in [-0.15, -0.1) is 0 Å². The maximum atomic E-state index is 13.5. The van der Waals surface area contributed by atoms with E-state index in [0.29, 0.717) is 18.5 Å². The number of alkyl halides is 3. The van der Waals surface area contributed by atoms with Crippen LogP contribution >= 0.6 is 0 Å². The molecule has 0 fully saturated rings. The van der Waals surface area contributed by atoms with Crippen LogP contribution in [-0.4, -0.2) is 51.5 Å². The highest BCUT2D eigenvalue weighted by atomic mass is 32.2. The van der Waals surface area contributed by atoms with Crippen LogP contribution in [-0.2, 0) is 16.2 Å². The molecule has 0 saturated carbocycles. The third-order valence-electron chi connectivity index (χ3n) is 5.77. The van der Waals surface area contributed by atoms with Crippen LogP contribution in [0.3, 0.4) is 0 Å². The summed E-state index contributed by atoms with van der Waals surface area (Å²) >= 11 is 0. The van der Waals surface area contributed by atoms with Gasteiger partial charge in [0.2, 0.25) is 0 Å². The van der Waals surface area contributed by atoms with Crippen LogP contribution in [0, 0.1) is 0 Å². The summed E-state index contributed by atoms with van der Waals surface area (Å²) in [6.45, 7) is 1.40. The summed E-state index contributed by atoms with van der Waals surface area (Å²) in [4.78, 5) is 4.02. The molecule has 2 heterocycles. The summed E-state index contributed by atoms with van der Waals surface area (Å²) in [5, 5.41) is 0.282. The predicted octanol–water partition coefficient (Wildman–Crippen LogP) is 4.68. The van der Waals surface area contributed by atoms with Gasteiger partial charge >= 0.3 is 6.18 Å². The summed E-state index contributed by atoms with van der Waals surface area (Å²) in [7, 11) is 1.65. The molecular weight excluding hydrogens is 439 g/mol. The molecular formula is C23H24F3N3O2S. The first-order valence-corrected chi connectivity index (χ1v) is 11.6. The van der Waals surface area contributed by atoms with Crippen molar-refractivity contribution in [2.45, 2.75) is 17.5 Å². The second-order valence-electron chi connectivity index (χ2n) is 8.20. The molecule has 5 nitrogen and oxygen atoms in total. The van der Waals surface area contributed by atoms with Crippen molar-refractivity contribution in [3.63, 3.8) is 0 Å². The van der Waals surface area contributed by atoms with Crippen LogP contribution in [0.15, 0.2) is 59.6 Å². The Labute approximate surface area is 185 Å². The van der Waals surface area contributed by atoms with Gasteiger partial charge in [-0.05, 0) is 61.5 Å². The lowest BCUT2D eigenvalue weighted by Gasteiger charge is -2.21. The molecule has 0 spiro atoms. The van der Waals surface area contributed by atoms with Gasteiger partial charge in [-0.2, -0.15) is 13.2 Å². The zero-order valence-electron chi connectivity index (χ0n) is 18.0. The predicted molar refractivity (Wildman–Crippen MR) is 120 cm³/mol. The number of anilines is 1. The molecule has 0 bridgehead atoms. The molecule has 32 heavy (non-hydrogen) atoms. The molecule has 9 heteroatoms. The largest absolute Gasteiger partial charge is 0.416 e. The summed E-state index contributed by atoms with van der Waals surface area (Å²) < 4.78 is 68.2. The van der Waals surface area contributed by atoms with Crippen LogP contribution in [0.2, 0.25) is 0 Å². The monoisotopic (exact) mass is 463 g/mol. The third-order valence-corrected chi connectivity index (χ3v) is 7.45. The topological polar surface area (TPSA) is 45.6 Å². The molecule has 0 radical (unpaired) electrons. The highest BCUT2D eigenvalue weighted by Gasteiger charge is 2.32. The lowest BCUT2D eigenvalue weighted by molar-refractivity contribution is -0.137. The number of hydrogen-bond donors (Lipinski definition) is 0. The number of likely N-dealkylation sites (N-methyl/N-ethyl adjacent to an activating group) is 1. The molecule has 3 aromatic rings. The Bertz CT molecular complexity index is 1290. The molecule has 0 amide bonds. The Morgan fingerprint density at radius 1 is 1.03 bits per heavy atom. The molecule has 1 aliphatic rings. The van der Waals surface area contributed by atoms with Gasteiger partial charge in [0, 0.05) is 50.0 Å². The van der Waals surface area contributed by atoms with E-state index in [1.165, 1.54) is 24.4 Å². The number of aromatic nitrogens is 1. The average Bonchev–Trinajstić information content (AvgIpc) is 3.13. The summed E-state index contributed by atoms with van der Waals surface area (Å²) in [6, 6.07) is 9.62. The Hall–Kier alpha value is -2.78. The van der Waals surface area contributed by atoms with Gasteiger partial charge in [0.1, 0.15) is 0 Å². The van der Waals surface area contributed by atoms with Gasteiger partial charge in [-0.1, -0.05) is 6.08 Å². The molecule has 1 aliphatic heterocycles. The number of hydrogen-bond acceptors (Lipinski definition) is 4. The normalized spacial score (nSPS) is 15.8. The van der Waals surface area contributed by atoms with Crippen molar-refractivity contribution in [1.82, 2.24) is 8.87 Å². The van der Waals surface area contributed by atoms with E-state index < -0.39 is 21.8 Å². The molecule has 0 N–H and O–H groups in total. The smallest absolute Gasteiger partial charge is 0.378 e. The Balaban J connectivity index is 1.91. The van der Waals surface area contributed by atoms with Crippen LogP contribution < -0.4 is 4.90 Å². The van der Waals surface area contributed by atoms with Gasteiger partial charge in [-0.3, -0.25) is 0 Å². The quantitative estimate of drug-likeness (QED) is 0.564. The van der Waals surface area contributed by atoms with Crippen molar-refractivity contribution in [1.29, 1.82) is 0 Å². The minimum atomic E-state index is -4.52. The fourth-order valence-corrected chi connectivity index (χ4v) is 5.25. The molecule has 0 aliphatic carbocycles. The summed E-state index contributed by atoms with van der Waals surface area (Å²) in [6.07, 6.45) is -0.489. The van der Waals surface area contributed by atoms with E-state index in [1.54, 1.807) is 12.1 Å². The van der Waals surface area contributed by atoms with Crippen molar-refractivity contribution in [2.24, 2.45) is 0 Å². The van der Waals surface area contributed by atoms with Gasteiger partial charge in [0.25, 0.3) is 10.0 Å². The second-order valence-corrected chi connectivity index (χ2v) is 10.0. The van der Waals surface area contributed by atoms with Crippen LogP contribution in [0.5, 0.6) is 0 Å². The molecule has 0 saturated heterocycles. The van der Waals surface area contributed by atoms with E-state index in [2.05, 4.69) is 4.90 Å². The van der Waals surface area contributed by atoms with E-state index in [-0.39, 0.29) is 15.8 Å². The Kier molecular flexibility index (Phi) is 5.58. The molecule has 4 rings (SSSR count). The highest BCUT2D eigenvalue weighted by molar-refractivity contribution is 7.90. The standard InChI is InChI=1S/C23H24F3N3O2S/c1-27(2)18-5-7-19(8-6-18)32(30,31)29-15-21(16-10-12-28(3)13-11-16)20-14-17(23(24,25)26)4-9-22(20)29/h4-10,14-15H,11-13H2,1-3H3. The van der Waals surface area contributed by atoms with Crippen molar-refractivity contribution in [2.75, 3.05) is 39.1 Å².